The average molecular weight is 279 g/mol. The van der Waals surface area contributed by atoms with Crippen LogP contribution in [-0.4, -0.2) is 23.1 Å². The average Bonchev–Trinajstić information content (AvgIpc) is 2.38. The lowest BCUT2D eigenvalue weighted by Crippen LogP contribution is -2.09. The number of rotatable bonds is 6. The Labute approximate surface area is 116 Å². The SMILES string of the molecule is Nc1nc(Cl)cc(NCCCOc2ccccc2)n1. The Balaban J connectivity index is 1.69. The van der Waals surface area contributed by atoms with Gasteiger partial charge >= 0.3 is 0 Å². The molecule has 0 aliphatic carbocycles. The summed E-state index contributed by atoms with van der Waals surface area (Å²) in [5, 5.41) is 3.45. The summed E-state index contributed by atoms with van der Waals surface area (Å²) < 4.78 is 5.57. The predicted octanol–water partition coefficient (Wildman–Crippen LogP) is 2.59. The minimum absolute atomic E-state index is 0.163. The van der Waals surface area contributed by atoms with Gasteiger partial charge in [-0.25, -0.2) is 4.98 Å². The van der Waals surface area contributed by atoms with Gasteiger partial charge < -0.3 is 15.8 Å². The maximum Gasteiger partial charge on any atom is 0.223 e. The number of hydrogen-bond acceptors (Lipinski definition) is 5. The van der Waals surface area contributed by atoms with Gasteiger partial charge in [-0.2, -0.15) is 4.98 Å². The molecule has 0 spiro atoms. The number of anilines is 2. The molecule has 2 aromatic rings. The van der Waals surface area contributed by atoms with E-state index in [-0.39, 0.29) is 5.95 Å². The predicted molar refractivity (Wildman–Crippen MR) is 76.5 cm³/mol. The lowest BCUT2D eigenvalue weighted by atomic mass is 10.3. The monoisotopic (exact) mass is 278 g/mol. The summed E-state index contributed by atoms with van der Waals surface area (Å²) in [6.45, 7) is 1.35. The van der Waals surface area contributed by atoms with Crippen molar-refractivity contribution in [2.24, 2.45) is 0 Å². The molecular formula is C13H15ClN4O. The fourth-order valence-corrected chi connectivity index (χ4v) is 1.71. The maximum atomic E-state index is 5.77. The number of nitrogens with two attached hydrogens (primary N) is 1. The summed E-state index contributed by atoms with van der Waals surface area (Å²) in [4.78, 5) is 7.81. The van der Waals surface area contributed by atoms with Crippen LogP contribution in [0.1, 0.15) is 6.42 Å². The zero-order valence-electron chi connectivity index (χ0n) is 10.3. The van der Waals surface area contributed by atoms with Gasteiger partial charge in [-0.3, -0.25) is 0 Å². The molecule has 100 valence electrons. The van der Waals surface area contributed by atoms with Gasteiger partial charge in [-0.15, -0.1) is 0 Å². The van der Waals surface area contributed by atoms with Crippen LogP contribution < -0.4 is 15.8 Å². The van der Waals surface area contributed by atoms with E-state index in [0.29, 0.717) is 17.6 Å². The topological polar surface area (TPSA) is 73.1 Å². The fraction of sp³-hybridized carbons (Fsp3) is 0.231. The minimum atomic E-state index is 0.163. The molecule has 5 nitrogen and oxygen atoms in total. The maximum absolute atomic E-state index is 5.77. The molecule has 0 fully saturated rings. The number of nitrogens with zero attached hydrogens (tertiary/aromatic N) is 2. The molecule has 1 heterocycles. The Morgan fingerprint density at radius 2 is 2.00 bits per heavy atom. The molecule has 0 saturated heterocycles. The van der Waals surface area contributed by atoms with Gasteiger partial charge in [-0.05, 0) is 18.6 Å². The molecule has 3 N–H and O–H groups in total. The third kappa shape index (κ3) is 4.63. The molecule has 0 amide bonds. The number of ether oxygens (including phenoxy) is 1. The van der Waals surface area contributed by atoms with E-state index < -0.39 is 0 Å². The lowest BCUT2D eigenvalue weighted by molar-refractivity contribution is 0.315. The van der Waals surface area contributed by atoms with E-state index in [1.165, 1.54) is 0 Å². The molecule has 0 atom stereocenters. The standard InChI is InChI=1S/C13H15ClN4O/c14-11-9-12(18-13(15)17-11)16-7-4-8-19-10-5-2-1-3-6-10/h1-3,5-6,9H,4,7-8H2,(H3,15,16,17,18). The number of benzene rings is 1. The van der Waals surface area contributed by atoms with E-state index in [0.717, 1.165) is 18.7 Å². The van der Waals surface area contributed by atoms with E-state index in [4.69, 9.17) is 22.1 Å². The van der Waals surface area contributed by atoms with E-state index in [2.05, 4.69) is 15.3 Å². The first-order chi connectivity index (χ1) is 9.24. The van der Waals surface area contributed by atoms with Gasteiger partial charge in [0.15, 0.2) is 0 Å². The van der Waals surface area contributed by atoms with Crippen molar-refractivity contribution in [1.82, 2.24) is 9.97 Å². The lowest BCUT2D eigenvalue weighted by Gasteiger charge is -2.08. The van der Waals surface area contributed by atoms with Crippen molar-refractivity contribution in [1.29, 1.82) is 0 Å². The molecule has 19 heavy (non-hydrogen) atoms. The molecule has 0 unspecified atom stereocenters. The molecule has 6 heteroatoms. The van der Waals surface area contributed by atoms with Crippen molar-refractivity contribution in [3.8, 4) is 5.75 Å². The van der Waals surface area contributed by atoms with Crippen LogP contribution >= 0.6 is 11.6 Å². The summed E-state index contributed by atoms with van der Waals surface area (Å²) in [5.41, 5.74) is 5.49. The van der Waals surface area contributed by atoms with Crippen molar-refractivity contribution in [2.75, 3.05) is 24.2 Å². The largest absolute Gasteiger partial charge is 0.494 e. The third-order valence-electron chi connectivity index (χ3n) is 2.35. The molecule has 0 saturated carbocycles. The van der Waals surface area contributed by atoms with Crippen LogP contribution in [0.2, 0.25) is 5.15 Å². The highest BCUT2D eigenvalue weighted by Crippen LogP contribution is 2.12. The van der Waals surface area contributed by atoms with Crippen molar-refractivity contribution in [3.05, 3.63) is 41.6 Å². The second kappa shape index (κ2) is 6.80. The molecule has 0 aliphatic rings. The van der Waals surface area contributed by atoms with Crippen LogP contribution in [-0.2, 0) is 0 Å². The van der Waals surface area contributed by atoms with E-state index in [9.17, 15) is 0 Å². The Kier molecular flexibility index (Phi) is 4.80. The first-order valence-corrected chi connectivity index (χ1v) is 6.33. The van der Waals surface area contributed by atoms with Crippen molar-refractivity contribution in [3.63, 3.8) is 0 Å². The summed E-state index contributed by atoms with van der Waals surface area (Å²) in [5.74, 6) is 1.66. The second-order valence-electron chi connectivity index (χ2n) is 3.88. The molecule has 1 aromatic heterocycles. The van der Waals surface area contributed by atoms with Gasteiger partial charge in [0, 0.05) is 12.6 Å². The van der Waals surface area contributed by atoms with E-state index >= 15 is 0 Å². The Morgan fingerprint density at radius 3 is 2.74 bits per heavy atom. The first-order valence-electron chi connectivity index (χ1n) is 5.96. The summed E-state index contributed by atoms with van der Waals surface area (Å²) >= 11 is 5.77. The number of aromatic nitrogens is 2. The summed E-state index contributed by atoms with van der Waals surface area (Å²) in [6, 6.07) is 11.3. The second-order valence-corrected chi connectivity index (χ2v) is 4.26. The number of hydrogen-bond donors (Lipinski definition) is 2. The highest BCUT2D eigenvalue weighted by molar-refractivity contribution is 6.29. The van der Waals surface area contributed by atoms with Crippen LogP contribution in [0.3, 0.4) is 0 Å². The molecular weight excluding hydrogens is 264 g/mol. The van der Waals surface area contributed by atoms with Gasteiger partial charge in [-0.1, -0.05) is 29.8 Å². The number of nitrogen functional groups attached to an aromatic ring is 1. The van der Waals surface area contributed by atoms with Crippen molar-refractivity contribution < 1.29 is 4.74 Å². The smallest absolute Gasteiger partial charge is 0.223 e. The molecule has 0 radical (unpaired) electrons. The fourth-order valence-electron chi connectivity index (χ4n) is 1.52. The molecule has 2 rings (SSSR count). The molecule has 0 aliphatic heterocycles. The first kappa shape index (κ1) is 13.4. The van der Waals surface area contributed by atoms with Crippen LogP contribution in [0, 0.1) is 0 Å². The number of para-hydroxylation sites is 1. The Morgan fingerprint density at radius 1 is 1.21 bits per heavy atom. The number of nitrogens with one attached hydrogen (secondary N) is 1. The highest BCUT2D eigenvalue weighted by atomic mass is 35.5. The zero-order chi connectivity index (χ0) is 13.5. The van der Waals surface area contributed by atoms with Crippen LogP contribution in [0.15, 0.2) is 36.4 Å². The van der Waals surface area contributed by atoms with Gasteiger partial charge in [0.1, 0.15) is 16.7 Å². The third-order valence-corrected chi connectivity index (χ3v) is 2.54. The Hall–Kier alpha value is -2.01. The molecule has 0 bridgehead atoms. The summed E-state index contributed by atoms with van der Waals surface area (Å²) in [7, 11) is 0. The minimum Gasteiger partial charge on any atom is -0.494 e. The van der Waals surface area contributed by atoms with Crippen molar-refractivity contribution in [2.45, 2.75) is 6.42 Å². The number of halogens is 1. The summed E-state index contributed by atoms with van der Waals surface area (Å²) in [6.07, 6.45) is 0.844. The van der Waals surface area contributed by atoms with Crippen LogP contribution in [0.25, 0.3) is 0 Å². The Bertz CT molecular complexity index is 501. The zero-order valence-corrected chi connectivity index (χ0v) is 11.1. The van der Waals surface area contributed by atoms with E-state index in [1.54, 1.807) is 6.07 Å². The van der Waals surface area contributed by atoms with Gasteiger partial charge in [0.2, 0.25) is 5.95 Å². The quantitative estimate of drug-likeness (QED) is 0.628. The van der Waals surface area contributed by atoms with Gasteiger partial charge in [0.05, 0.1) is 6.61 Å². The van der Waals surface area contributed by atoms with Crippen LogP contribution in [0.5, 0.6) is 5.75 Å². The van der Waals surface area contributed by atoms with E-state index in [1.807, 2.05) is 30.3 Å². The molecule has 1 aromatic carbocycles. The highest BCUT2D eigenvalue weighted by Gasteiger charge is 1.99. The van der Waals surface area contributed by atoms with Crippen LogP contribution in [0.4, 0.5) is 11.8 Å². The normalized spacial score (nSPS) is 10.2. The van der Waals surface area contributed by atoms with Gasteiger partial charge in [0.25, 0.3) is 0 Å². The van der Waals surface area contributed by atoms with Crippen molar-refractivity contribution >= 4 is 23.4 Å².